The molecule has 0 atom stereocenters. The summed E-state index contributed by atoms with van der Waals surface area (Å²) in [6.07, 6.45) is 0. The zero-order chi connectivity index (χ0) is 16.1. The third-order valence-electron chi connectivity index (χ3n) is 3.67. The molecule has 0 aliphatic carbocycles. The lowest BCUT2D eigenvalue weighted by atomic mass is 10.1. The van der Waals surface area contributed by atoms with E-state index in [-0.39, 0.29) is 22.0 Å². The van der Waals surface area contributed by atoms with E-state index in [4.69, 9.17) is 9.84 Å². The molecule has 1 N–H and O–H groups in total. The third-order valence-corrected chi connectivity index (χ3v) is 5.33. The van der Waals surface area contributed by atoms with E-state index in [1.807, 2.05) is 13.0 Å². The Labute approximate surface area is 128 Å². The van der Waals surface area contributed by atoms with Gasteiger partial charge in [0.05, 0.1) is 11.3 Å². The number of carboxylic acid groups (broad SMARTS) is 1. The molecule has 0 amide bonds. The van der Waals surface area contributed by atoms with E-state index >= 15 is 0 Å². The van der Waals surface area contributed by atoms with Gasteiger partial charge in [0.2, 0.25) is 0 Å². The van der Waals surface area contributed by atoms with E-state index in [1.165, 1.54) is 12.1 Å². The first-order chi connectivity index (χ1) is 10.3. The summed E-state index contributed by atoms with van der Waals surface area (Å²) < 4.78 is 31.1. The number of carboxylic acids is 1. The minimum absolute atomic E-state index is 0.0638. The van der Waals surface area contributed by atoms with Crippen LogP contribution in [0.4, 0.5) is 0 Å². The lowest BCUT2D eigenvalue weighted by molar-refractivity contribution is 0.0696. The molecule has 0 unspecified atom stereocenters. The Kier molecular flexibility index (Phi) is 3.21. The van der Waals surface area contributed by atoms with Crippen LogP contribution in [0.25, 0.3) is 0 Å². The highest BCUT2D eigenvalue weighted by Crippen LogP contribution is 2.41. The smallest absolute Gasteiger partial charge is 0.335 e. The van der Waals surface area contributed by atoms with Crippen LogP contribution in [0, 0.1) is 13.8 Å². The molecule has 0 aromatic heterocycles. The number of fused-ring (bicyclic) bond motifs is 2. The van der Waals surface area contributed by atoms with Gasteiger partial charge in [-0.25, -0.2) is 13.2 Å². The van der Waals surface area contributed by atoms with Crippen LogP contribution in [-0.2, 0) is 15.6 Å². The maximum atomic E-state index is 12.6. The summed E-state index contributed by atoms with van der Waals surface area (Å²) in [6, 6.07) is 7.91. The fourth-order valence-electron chi connectivity index (χ4n) is 2.58. The van der Waals surface area contributed by atoms with Gasteiger partial charge in [-0.2, -0.15) is 0 Å². The van der Waals surface area contributed by atoms with Crippen molar-refractivity contribution in [2.45, 2.75) is 24.5 Å². The molecule has 6 heteroatoms. The van der Waals surface area contributed by atoms with Crippen molar-refractivity contribution in [2.75, 3.05) is 0 Å². The summed E-state index contributed by atoms with van der Waals surface area (Å²) in [5, 5.41) is 9.13. The third kappa shape index (κ3) is 2.25. The van der Waals surface area contributed by atoms with Crippen LogP contribution >= 0.6 is 0 Å². The summed E-state index contributed by atoms with van der Waals surface area (Å²) in [7, 11) is -3.68. The number of benzene rings is 2. The number of sulfone groups is 1. The maximum absolute atomic E-state index is 12.6. The van der Waals surface area contributed by atoms with Gasteiger partial charge < -0.3 is 9.84 Å². The second-order valence-corrected chi connectivity index (χ2v) is 7.31. The molecule has 1 heterocycles. The van der Waals surface area contributed by atoms with E-state index in [0.717, 1.165) is 5.56 Å². The van der Waals surface area contributed by atoms with E-state index in [9.17, 15) is 13.2 Å². The van der Waals surface area contributed by atoms with Crippen molar-refractivity contribution in [3.05, 3.63) is 52.6 Å². The molecule has 1 aliphatic heterocycles. The van der Waals surface area contributed by atoms with Gasteiger partial charge in [-0.1, -0.05) is 18.2 Å². The quantitative estimate of drug-likeness (QED) is 0.874. The van der Waals surface area contributed by atoms with Gasteiger partial charge in [0.25, 0.3) is 0 Å². The fraction of sp³-hybridized carbons (Fsp3) is 0.188. The Bertz CT molecular complexity index is 897. The Morgan fingerprint density at radius 2 is 1.86 bits per heavy atom. The van der Waals surface area contributed by atoms with E-state index in [0.29, 0.717) is 16.9 Å². The standard InChI is InChI=1S/C16H14O5S/c1-9-4-3-5-11-8-22(19,20)13-7-12(16(17)18)6-10(2)15(13)21-14(9)11/h3-7H,8H2,1-2H3,(H,17,18). The lowest BCUT2D eigenvalue weighted by Crippen LogP contribution is -2.07. The highest BCUT2D eigenvalue weighted by atomic mass is 32.2. The molecule has 114 valence electrons. The van der Waals surface area contributed by atoms with Gasteiger partial charge in [0, 0.05) is 5.56 Å². The van der Waals surface area contributed by atoms with E-state index in [1.54, 1.807) is 19.1 Å². The number of rotatable bonds is 1. The van der Waals surface area contributed by atoms with Crippen molar-refractivity contribution in [3.63, 3.8) is 0 Å². The number of carbonyl (C=O) groups is 1. The number of aromatic carboxylic acids is 1. The van der Waals surface area contributed by atoms with Crippen LogP contribution in [0.5, 0.6) is 11.5 Å². The molecule has 0 radical (unpaired) electrons. The molecule has 0 spiro atoms. The number of para-hydroxylation sites is 1. The monoisotopic (exact) mass is 318 g/mol. The van der Waals surface area contributed by atoms with Crippen LogP contribution in [0.2, 0.25) is 0 Å². The number of aryl methyl sites for hydroxylation is 2. The van der Waals surface area contributed by atoms with Gasteiger partial charge in [0.15, 0.2) is 9.84 Å². The maximum Gasteiger partial charge on any atom is 0.335 e. The second kappa shape index (κ2) is 4.84. The highest BCUT2D eigenvalue weighted by Gasteiger charge is 2.30. The molecule has 2 aromatic carbocycles. The second-order valence-electron chi connectivity index (χ2n) is 5.35. The first-order valence-corrected chi connectivity index (χ1v) is 8.32. The minimum Gasteiger partial charge on any atom is -0.478 e. The van der Waals surface area contributed by atoms with Crippen molar-refractivity contribution in [2.24, 2.45) is 0 Å². The van der Waals surface area contributed by atoms with Gasteiger partial charge >= 0.3 is 5.97 Å². The molecule has 0 fully saturated rings. The number of hydrogen-bond donors (Lipinski definition) is 1. The number of hydrogen-bond acceptors (Lipinski definition) is 4. The largest absolute Gasteiger partial charge is 0.478 e. The van der Waals surface area contributed by atoms with Crippen molar-refractivity contribution >= 4 is 15.8 Å². The summed E-state index contributed by atoms with van der Waals surface area (Å²) >= 11 is 0. The molecular formula is C16H14O5S. The van der Waals surface area contributed by atoms with E-state index < -0.39 is 15.8 Å². The van der Waals surface area contributed by atoms with Crippen LogP contribution in [0.15, 0.2) is 35.2 Å². The van der Waals surface area contributed by atoms with Crippen molar-refractivity contribution in [3.8, 4) is 11.5 Å². The molecule has 1 aliphatic rings. The highest BCUT2D eigenvalue weighted by molar-refractivity contribution is 7.90. The zero-order valence-corrected chi connectivity index (χ0v) is 12.9. The zero-order valence-electron chi connectivity index (χ0n) is 12.1. The van der Waals surface area contributed by atoms with Gasteiger partial charge in [-0.15, -0.1) is 0 Å². The molecular weight excluding hydrogens is 304 g/mol. The van der Waals surface area contributed by atoms with Crippen LogP contribution in [0.1, 0.15) is 27.0 Å². The predicted octanol–water partition coefficient (Wildman–Crippen LogP) is 3.08. The lowest BCUT2D eigenvalue weighted by Gasteiger charge is -2.13. The SMILES string of the molecule is Cc1cccc2c1Oc1c(C)cc(C(=O)O)cc1S(=O)(=O)C2. The summed E-state index contributed by atoms with van der Waals surface area (Å²) in [4.78, 5) is 11.1. The normalized spacial score (nSPS) is 15.2. The van der Waals surface area contributed by atoms with Crippen molar-refractivity contribution in [1.29, 1.82) is 0 Å². The minimum atomic E-state index is -3.68. The van der Waals surface area contributed by atoms with E-state index in [2.05, 4.69) is 0 Å². The Morgan fingerprint density at radius 3 is 2.55 bits per heavy atom. The summed E-state index contributed by atoms with van der Waals surface area (Å²) in [6.45, 7) is 3.49. The Balaban J connectivity index is 2.33. The predicted molar refractivity (Wildman–Crippen MR) is 80.3 cm³/mol. The molecule has 0 saturated carbocycles. The van der Waals surface area contributed by atoms with Gasteiger partial charge in [-0.05, 0) is 37.1 Å². The average molecular weight is 318 g/mol. The number of ether oxygens (including phenoxy) is 1. The van der Waals surface area contributed by atoms with Crippen LogP contribution in [0.3, 0.4) is 0 Å². The van der Waals surface area contributed by atoms with Crippen LogP contribution < -0.4 is 4.74 Å². The first kappa shape index (κ1) is 14.6. The Hall–Kier alpha value is -2.34. The van der Waals surface area contributed by atoms with Crippen molar-refractivity contribution < 1.29 is 23.1 Å². The molecule has 0 saturated heterocycles. The molecule has 2 aromatic rings. The molecule has 22 heavy (non-hydrogen) atoms. The fourth-order valence-corrected chi connectivity index (χ4v) is 4.17. The molecule has 3 rings (SSSR count). The first-order valence-electron chi connectivity index (χ1n) is 6.66. The topological polar surface area (TPSA) is 80.7 Å². The van der Waals surface area contributed by atoms with Crippen LogP contribution in [-0.4, -0.2) is 19.5 Å². The molecule has 0 bridgehead atoms. The van der Waals surface area contributed by atoms with Crippen molar-refractivity contribution in [1.82, 2.24) is 0 Å². The Morgan fingerprint density at radius 1 is 1.14 bits per heavy atom. The van der Waals surface area contributed by atoms with Gasteiger partial charge in [-0.3, -0.25) is 0 Å². The van der Waals surface area contributed by atoms with Gasteiger partial charge in [0.1, 0.15) is 16.4 Å². The summed E-state index contributed by atoms with van der Waals surface area (Å²) in [5.74, 6) is -0.646. The average Bonchev–Trinajstić information content (AvgIpc) is 2.54. The summed E-state index contributed by atoms with van der Waals surface area (Å²) in [5.41, 5.74) is 1.83. The molecule has 5 nitrogen and oxygen atoms in total.